The Morgan fingerprint density at radius 2 is 2.18 bits per heavy atom. The number of aliphatic imine (C=N–C) groups is 1. The van der Waals surface area contributed by atoms with Crippen LogP contribution >= 0.6 is 0 Å². The van der Waals surface area contributed by atoms with E-state index in [9.17, 15) is 0 Å². The topological polar surface area (TPSA) is 40.1 Å². The van der Waals surface area contributed by atoms with E-state index in [2.05, 4.69) is 39.3 Å². The molecule has 2 aliphatic rings. The first-order valence-electron chi connectivity index (χ1n) is 8.08. The number of ether oxygens (including phenoxy) is 1. The van der Waals surface area contributed by atoms with Crippen LogP contribution in [0.25, 0.3) is 0 Å². The number of likely N-dealkylation sites (N-methyl/N-ethyl adjacent to an activating group) is 1. The van der Waals surface area contributed by atoms with Gasteiger partial charge in [0.05, 0.1) is 19.5 Å². The number of amidine groups is 1. The summed E-state index contributed by atoms with van der Waals surface area (Å²) >= 11 is 0. The van der Waals surface area contributed by atoms with Crippen LogP contribution < -0.4 is 10.1 Å². The van der Waals surface area contributed by atoms with Gasteiger partial charge in [0.1, 0.15) is 5.75 Å². The van der Waals surface area contributed by atoms with Crippen LogP contribution in [0, 0.1) is 0 Å². The van der Waals surface area contributed by atoms with Crippen LogP contribution in [0.15, 0.2) is 29.3 Å². The van der Waals surface area contributed by atoms with Crippen LogP contribution in [0.5, 0.6) is 5.75 Å². The summed E-state index contributed by atoms with van der Waals surface area (Å²) in [4.78, 5) is 9.55. The number of benzene rings is 1. The van der Waals surface area contributed by atoms with Gasteiger partial charge in [0, 0.05) is 50.7 Å². The largest absolute Gasteiger partial charge is 0.496 e. The van der Waals surface area contributed by atoms with Crippen molar-refractivity contribution >= 4 is 5.84 Å². The molecule has 1 fully saturated rings. The fourth-order valence-corrected chi connectivity index (χ4v) is 3.31. The van der Waals surface area contributed by atoms with Gasteiger partial charge in [-0.05, 0) is 13.1 Å². The highest BCUT2D eigenvalue weighted by atomic mass is 16.5. The van der Waals surface area contributed by atoms with Crippen molar-refractivity contribution in [2.75, 3.05) is 46.9 Å². The molecule has 5 heteroatoms. The first kappa shape index (κ1) is 15.3. The van der Waals surface area contributed by atoms with E-state index in [1.54, 1.807) is 7.11 Å². The second-order valence-corrected chi connectivity index (χ2v) is 6.16. The Labute approximate surface area is 133 Å². The first-order chi connectivity index (χ1) is 10.8. The SMILES string of the molecule is COc1ccccc1CN1CCN(C)CC1CC1=NCCN1. The van der Waals surface area contributed by atoms with Gasteiger partial charge < -0.3 is 15.0 Å². The van der Waals surface area contributed by atoms with Crippen LogP contribution in [0.4, 0.5) is 0 Å². The molecule has 0 radical (unpaired) electrons. The molecule has 120 valence electrons. The first-order valence-corrected chi connectivity index (χ1v) is 8.08. The Morgan fingerprint density at radius 3 is 2.95 bits per heavy atom. The molecule has 1 aromatic rings. The smallest absolute Gasteiger partial charge is 0.123 e. The second-order valence-electron chi connectivity index (χ2n) is 6.16. The number of hydrogen-bond donors (Lipinski definition) is 1. The zero-order chi connectivity index (χ0) is 15.4. The molecular weight excluding hydrogens is 276 g/mol. The zero-order valence-corrected chi connectivity index (χ0v) is 13.6. The van der Waals surface area contributed by atoms with Crippen molar-refractivity contribution < 1.29 is 4.74 Å². The number of methoxy groups -OCH3 is 1. The molecular formula is C17H26N4O. The highest BCUT2D eigenvalue weighted by molar-refractivity contribution is 5.84. The lowest BCUT2D eigenvalue weighted by Crippen LogP contribution is -2.52. The van der Waals surface area contributed by atoms with Gasteiger partial charge in [0.15, 0.2) is 0 Å². The van der Waals surface area contributed by atoms with E-state index >= 15 is 0 Å². The molecule has 1 aromatic carbocycles. The number of piperazine rings is 1. The van der Waals surface area contributed by atoms with Crippen molar-refractivity contribution in [1.29, 1.82) is 0 Å². The van der Waals surface area contributed by atoms with Crippen LogP contribution in [0.1, 0.15) is 12.0 Å². The minimum atomic E-state index is 0.507. The van der Waals surface area contributed by atoms with Crippen molar-refractivity contribution in [3.8, 4) is 5.75 Å². The maximum atomic E-state index is 5.50. The van der Waals surface area contributed by atoms with E-state index in [0.717, 1.165) is 51.4 Å². The monoisotopic (exact) mass is 302 g/mol. The molecule has 22 heavy (non-hydrogen) atoms. The second kappa shape index (κ2) is 7.11. The quantitative estimate of drug-likeness (QED) is 0.887. The van der Waals surface area contributed by atoms with Crippen molar-refractivity contribution in [2.24, 2.45) is 4.99 Å². The van der Waals surface area contributed by atoms with Gasteiger partial charge in [0.25, 0.3) is 0 Å². The predicted molar refractivity (Wildman–Crippen MR) is 89.6 cm³/mol. The molecule has 3 rings (SSSR count). The third-order valence-electron chi connectivity index (χ3n) is 4.55. The van der Waals surface area contributed by atoms with Crippen molar-refractivity contribution in [1.82, 2.24) is 15.1 Å². The summed E-state index contributed by atoms with van der Waals surface area (Å²) in [6.45, 7) is 6.15. The minimum Gasteiger partial charge on any atom is -0.496 e. The van der Waals surface area contributed by atoms with Crippen LogP contribution in [0.2, 0.25) is 0 Å². The molecule has 1 N–H and O–H groups in total. The molecule has 0 amide bonds. The number of nitrogens with one attached hydrogen (secondary N) is 1. The Bertz CT molecular complexity index is 531. The average molecular weight is 302 g/mol. The van der Waals surface area contributed by atoms with E-state index in [4.69, 9.17) is 4.74 Å². The van der Waals surface area contributed by atoms with E-state index < -0.39 is 0 Å². The molecule has 2 aliphatic heterocycles. The number of para-hydroxylation sites is 1. The summed E-state index contributed by atoms with van der Waals surface area (Å²) < 4.78 is 5.50. The van der Waals surface area contributed by atoms with Gasteiger partial charge >= 0.3 is 0 Å². The normalized spacial score (nSPS) is 23.2. The summed E-state index contributed by atoms with van der Waals surface area (Å²) in [5.41, 5.74) is 1.26. The van der Waals surface area contributed by atoms with Crippen LogP contribution in [-0.2, 0) is 6.54 Å². The van der Waals surface area contributed by atoms with Gasteiger partial charge in [0.2, 0.25) is 0 Å². The Balaban J connectivity index is 1.71. The Kier molecular flexibility index (Phi) is 4.95. The fraction of sp³-hybridized carbons (Fsp3) is 0.588. The number of hydrogen-bond acceptors (Lipinski definition) is 5. The Morgan fingerprint density at radius 1 is 1.32 bits per heavy atom. The number of nitrogens with zero attached hydrogens (tertiary/aromatic N) is 3. The third-order valence-corrected chi connectivity index (χ3v) is 4.55. The van der Waals surface area contributed by atoms with E-state index in [-0.39, 0.29) is 0 Å². The van der Waals surface area contributed by atoms with E-state index in [1.165, 1.54) is 11.4 Å². The lowest BCUT2D eigenvalue weighted by molar-refractivity contribution is 0.0864. The molecule has 1 saturated heterocycles. The van der Waals surface area contributed by atoms with Gasteiger partial charge in [-0.25, -0.2) is 0 Å². The highest BCUT2D eigenvalue weighted by Crippen LogP contribution is 2.22. The summed E-state index contributed by atoms with van der Waals surface area (Å²) in [6, 6.07) is 8.84. The summed E-state index contributed by atoms with van der Waals surface area (Å²) in [5, 5.41) is 3.41. The van der Waals surface area contributed by atoms with E-state index in [1.807, 2.05) is 12.1 Å². The molecule has 0 aliphatic carbocycles. The molecule has 0 aromatic heterocycles. The fourth-order valence-electron chi connectivity index (χ4n) is 3.31. The molecule has 1 atom stereocenters. The van der Waals surface area contributed by atoms with Crippen LogP contribution in [-0.4, -0.2) is 68.6 Å². The van der Waals surface area contributed by atoms with Gasteiger partial charge in [-0.2, -0.15) is 0 Å². The third kappa shape index (κ3) is 3.59. The molecule has 0 saturated carbocycles. The van der Waals surface area contributed by atoms with Crippen molar-refractivity contribution in [2.45, 2.75) is 19.0 Å². The number of rotatable bonds is 5. The van der Waals surface area contributed by atoms with Gasteiger partial charge in [-0.3, -0.25) is 9.89 Å². The van der Waals surface area contributed by atoms with Crippen molar-refractivity contribution in [3.63, 3.8) is 0 Å². The Hall–Kier alpha value is -1.59. The molecule has 2 heterocycles. The highest BCUT2D eigenvalue weighted by Gasteiger charge is 2.27. The lowest BCUT2D eigenvalue weighted by Gasteiger charge is -2.40. The predicted octanol–water partition coefficient (Wildman–Crippen LogP) is 1.20. The maximum absolute atomic E-state index is 5.50. The zero-order valence-electron chi connectivity index (χ0n) is 13.6. The van der Waals surface area contributed by atoms with Gasteiger partial charge in [-0.1, -0.05) is 18.2 Å². The molecule has 0 bridgehead atoms. The molecule has 0 spiro atoms. The minimum absolute atomic E-state index is 0.507. The van der Waals surface area contributed by atoms with Gasteiger partial charge in [-0.15, -0.1) is 0 Å². The summed E-state index contributed by atoms with van der Waals surface area (Å²) in [7, 11) is 3.95. The van der Waals surface area contributed by atoms with E-state index in [0.29, 0.717) is 6.04 Å². The average Bonchev–Trinajstić information content (AvgIpc) is 3.03. The summed E-state index contributed by atoms with van der Waals surface area (Å²) in [6.07, 6.45) is 1.01. The summed E-state index contributed by atoms with van der Waals surface area (Å²) in [5.74, 6) is 2.15. The van der Waals surface area contributed by atoms with Crippen LogP contribution in [0.3, 0.4) is 0 Å². The molecule has 5 nitrogen and oxygen atoms in total. The lowest BCUT2D eigenvalue weighted by atomic mass is 10.1. The van der Waals surface area contributed by atoms with Crippen molar-refractivity contribution in [3.05, 3.63) is 29.8 Å². The maximum Gasteiger partial charge on any atom is 0.123 e. The standard InChI is InChI=1S/C17H26N4O/c1-20-9-10-21(12-14-5-3-4-6-16(14)22-2)15(13-20)11-17-18-7-8-19-17/h3-6,15H,7-13H2,1-2H3,(H,18,19). The molecule has 1 unspecified atom stereocenters.